The molecule has 3 atom stereocenters. The number of nitrogens with one attached hydrogen (secondary N) is 1. The second-order valence-electron chi connectivity index (χ2n) is 13.4. The average molecular weight is 752 g/mol. The highest BCUT2D eigenvalue weighted by molar-refractivity contribution is 9.10. The van der Waals surface area contributed by atoms with Crippen LogP contribution in [0.4, 0.5) is 17.6 Å². The number of benzene rings is 1. The molecule has 2 saturated heterocycles. The van der Waals surface area contributed by atoms with Crippen molar-refractivity contribution in [1.29, 1.82) is 0 Å². The van der Waals surface area contributed by atoms with Crippen LogP contribution in [0.1, 0.15) is 67.2 Å². The Bertz CT molecular complexity index is 1440. The number of hydrogen-bond donors (Lipinski definition) is 2. The van der Waals surface area contributed by atoms with Crippen LogP contribution >= 0.6 is 27.5 Å². The molecule has 0 bridgehead atoms. The van der Waals surface area contributed by atoms with Gasteiger partial charge in [-0.1, -0.05) is 59.1 Å². The Morgan fingerprint density at radius 3 is 2.46 bits per heavy atom. The number of halogens is 6. The van der Waals surface area contributed by atoms with Crippen molar-refractivity contribution in [2.75, 3.05) is 32.8 Å². The van der Waals surface area contributed by atoms with Gasteiger partial charge >= 0.3 is 6.01 Å². The largest absolute Gasteiger partial charge is 0.493 e. The lowest BCUT2D eigenvalue weighted by Crippen LogP contribution is -2.44. The predicted molar refractivity (Wildman–Crippen MR) is 179 cm³/mol. The second kappa shape index (κ2) is 15.1. The van der Waals surface area contributed by atoms with Gasteiger partial charge in [0.05, 0.1) is 10.0 Å². The number of nitrogens with zero attached hydrogens (tertiary/aromatic N) is 3. The van der Waals surface area contributed by atoms with Crippen molar-refractivity contribution in [3.63, 3.8) is 0 Å². The molecule has 0 spiro atoms. The van der Waals surface area contributed by atoms with E-state index in [0.717, 1.165) is 19.4 Å². The molecule has 0 amide bonds. The predicted octanol–water partition coefficient (Wildman–Crippen LogP) is 8.06. The molecule has 256 valence electrons. The molecule has 4 rings (SSSR count). The van der Waals surface area contributed by atoms with Gasteiger partial charge in [0, 0.05) is 25.9 Å². The van der Waals surface area contributed by atoms with Gasteiger partial charge in [0.2, 0.25) is 12.3 Å². The smallest absolute Gasteiger partial charge is 0.320 e. The van der Waals surface area contributed by atoms with Crippen LogP contribution in [0.15, 0.2) is 4.47 Å². The minimum atomic E-state index is -2.49. The van der Waals surface area contributed by atoms with E-state index >= 15 is 4.39 Å². The summed E-state index contributed by atoms with van der Waals surface area (Å²) in [4.78, 5) is 10.4. The quantitative estimate of drug-likeness (QED) is 0.0929. The highest BCUT2D eigenvalue weighted by Crippen LogP contribution is 2.46. The molecule has 2 aliphatic heterocycles. The van der Waals surface area contributed by atoms with Gasteiger partial charge in [0.25, 0.3) is 0 Å². The molecule has 1 aromatic heterocycles. The first-order valence-electron chi connectivity index (χ1n) is 15.9. The molecule has 3 heterocycles. The molecule has 46 heavy (non-hydrogen) atoms. The topological polar surface area (TPSA) is 79.7 Å². The number of rotatable bonds is 13. The van der Waals surface area contributed by atoms with E-state index in [2.05, 4.69) is 89.1 Å². The maximum atomic E-state index is 15.5. The standard InChI is InChI=1S/C32H44BrClF4N4O3Si/c1-18(2)46(19(3)4,20(5)6)13-9-22(39-11-8-23(36)37)16-44-29-24-28(27(38)25(33)26(29)34)40-31(41-30(24)43)45-17-32-10-7-12-42(32)15-21(35)14-32/h18-23,39H,7-8,10-12,14-17H2,1-6H3,(H,40,41,43)/t21-,22+,32+/m1/s1. The third-order valence-electron chi connectivity index (χ3n) is 9.60. The number of alkyl halides is 3. The van der Waals surface area contributed by atoms with Crippen molar-refractivity contribution in [1.82, 2.24) is 20.2 Å². The summed E-state index contributed by atoms with van der Waals surface area (Å²) in [6, 6.07) is -0.927. The van der Waals surface area contributed by atoms with Gasteiger partial charge in [0.15, 0.2) is 11.6 Å². The van der Waals surface area contributed by atoms with Crippen LogP contribution in [0.5, 0.6) is 17.6 Å². The maximum Gasteiger partial charge on any atom is 0.320 e. The van der Waals surface area contributed by atoms with Crippen LogP contribution in [0.2, 0.25) is 21.6 Å². The Hall–Kier alpha value is -1.85. The van der Waals surface area contributed by atoms with Crippen LogP contribution in [0.3, 0.4) is 0 Å². The molecule has 14 heteroatoms. The van der Waals surface area contributed by atoms with Gasteiger partial charge in [0.1, 0.15) is 49.4 Å². The summed E-state index contributed by atoms with van der Waals surface area (Å²) >= 11 is 9.68. The zero-order valence-electron chi connectivity index (χ0n) is 27.2. The molecule has 2 aromatic rings. The van der Waals surface area contributed by atoms with Crippen molar-refractivity contribution < 1.29 is 32.1 Å². The van der Waals surface area contributed by atoms with Crippen molar-refractivity contribution in [2.24, 2.45) is 0 Å². The van der Waals surface area contributed by atoms with Gasteiger partial charge in [-0.05, 0) is 51.9 Å². The number of aromatic hydroxyl groups is 1. The summed E-state index contributed by atoms with van der Waals surface area (Å²) in [6.07, 6.45) is -1.82. The van der Waals surface area contributed by atoms with Crippen LogP contribution in [-0.2, 0) is 0 Å². The lowest BCUT2D eigenvalue weighted by atomic mass is 9.95. The SMILES string of the molecule is CC(C)[Si](C#C[C@@H](COc1c(Cl)c(Br)c(F)c2nc(OC[C@@]34CCCN3C[C@H](F)C4)nc(O)c12)NCCC(F)F)(C(C)C)C(C)C. The van der Waals surface area contributed by atoms with Crippen molar-refractivity contribution >= 4 is 46.5 Å². The number of hydrogen-bond acceptors (Lipinski definition) is 7. The third kappa shape index (κ3) is 7.56. The monoisotopic (exact) mass is 750 g/mol. The minimum absolute atomic E-state index is 0.00130. The second-order valence-corrected chi connectivity index (χ2v) is 20.1. The zero-order valence-corrected chi connectivity index (χ0v) is 30.5. The molecule has 2 N–H and O–H groups in total. The molecule has 0 radical (unpaired) electrons. The van der Waals surface area contributed by atoms with E-state index in [1.54, 1.807) is 0 Å². The van der Waals surface area contributed by atoms with E-state index in [4.69, 9.17) is 21.1 Å². The zero-order chi connectivity index (χ0) is 34.0. The molecule has 0 aliphatic carbocycles. The summed E-state index contributed by atoms with van der Waals surface area (Å²) in [5.74, 6) is 1.73. The fourth-order valence-corrected chi connectivity index (χ4v) is 13.3. The van der Waals surface area contributed by atoms with Crippen LogP contribution in [0, 0.1) is 17.3 Å². The fourth-order valence-electron chi connectivity index (χ4n) is 7.38. The summed E-state index contributed by atoms with van der Waals surface area (Å²) in [7, 11) is -2.16. The van der Waals surface area contributed by atoms with Crippen LogP contribution in [0.25, 0.3) is 10.9 Å². The Labute approximate surface area is 283 Å². The molecule has 2 fully saturated rings. The van der Waals surface area contributed by atoms with E-state index in [9.17, 15) is 18.3 Å². The van der Waals surface area contributed by atoms with E-state index < -0.39 is 43.9 Å². The molecule has 2 aliphatic rings. The molecular weight excluding hydrogens is 708 g/mol. The highest BCUT2D eigenvalue weighted by Gasteiger charge is 2.49. The van der Waals surface area contributed by atoms with E-state index in [-0.39, 0.29) is 58.3 Å². The molecular formula is C32H44BrClF4N4O3Si. The lowest BCUT2D eigenvalue weighted by Gasteiger charge is -2.38. The first-order valence-corrected chi connectivity index (χ1v) is 19.3. The highest BCUT2D eigenvalue weighted by atomic mass is 79.9. The first-order chi connectivity index (χ1) is 21.6. The first kappa shape index (κ1) is 37.0. The normalized spacial score (nSPS) is 21.0. The Kier molecular flexibility index (Phi) is 12.2. The molecule has 7 nitrogen and oxygen atoms in total. The Morgan fingerprint density at radius 2 is 1.83 bits per heavy atom. The Morgan fingerprint density at radius 1 is 1.15 bits per heavy atom. The minimum Gasteiger partial charge on any atom is -0.493 e. The van der Waals surface area contributed by atoms with Crippen LogP contribution in [-0.4, -0.2) is 85.1 Å². The lowest BCUT2D eigenvalue weighted by molar-refractivity contribution is 0.107. The maximum absolute atomic E-state index is 15.5. The van der Waals surface area contributed by atoms with E-state index in [0.29, 0.717) is 29.6 Å². The van der Waals surface area contributed by atoms with Gasteiger partial charge in [-0.25, -0.2) is 17.6 Å². The number of aromatic nitrogens is 2. The summed E-state index contributed by atoms with van der Waals surface area (Å²) in [5, 5.41) is 13.7. The number of ether oxygens (including phenoxy) is 2. The van der Waals surface area contributed by atoms with Crippen molar-refractivity contribution in [3.05, 3.63) is 15.3 Å². The van der Waals surface area contributed by atoms with Gasteiger partial charge < -0.3 is 19.9 Å². The molecule has 0 unspecified atom stereocenters. The van der Waals surface area contributed by atoms with Crippen molar-refractivity contribution in [3.8, 4) is 29.1 Å². The summed E-state index contributed by atoms with van der Waals surface area (Å²) < 4.78 is 67.6. The van der Waals surface area contributed by atoms with E-state index in [1.807, 2.05) is 0 Å². The average Bonchev–Trinajstić information content (AvgIpc) is 3.49. The van der Waals surface area contributed by atoms with Gasteiger partial charge in [-0.2, -0.15) is 9.97 Å². The number of fused-ring (bicyclic) bond motifs is 2. The van der Waals surface area contributed by atoms with E-state index in [1.165, 1.54) is 0 Å². The van der Waals surface area contributed by atoms with Crippen molar-refractivity contribution in [2.45, 2.75) is 108 Å². The molecule has 0 saturated carbocycles. The van der Waals surface area contributed by atoms with Crippen LogP contribution < -0.4 is 14.8 Å². The summed E-state index contributed by atoms with van der Waals surface area (Å²) in [5.41, 5.74) is 3.86. The molecule has 1 aromatic carbocycles. The summed E-state index contributed by atoms with van der Waals surface area (Å²) in [6.45, 7) is 14.1. The fraction of sp³-hybridized carbons (Fsp3) is 0.688. The third-order valence-corrected chi connectivity index (χ3v) is 17.2. The Balaban J connectivity index is 1.65. The van der Waals surface area contributed by atoms with Gasteiger partial charge in [-0.15, -0.1) is 5.54 Å². The van der Waals surface area contributed by atoms with Gasteiger partial charge in [-0.3, -0.25) is 4.90 Å².